The van der Waals surface area contributed by atoms with Gasteiger partial charge in [0.25, 0.3) is 0 Å². The highest BCUT2D eigenvalue weighted by molar-refractivity contribution is 5.79. The molecule has 4 atom stereocenters. The molecular weight excluding hydrogens is 252 g/mol. The topological polar surface area (TPSA) is 71.1 Å². The van der Waals surface area contributed by atoms with Crippen LogP contribution in [-0.2, 0) is 28.5 Å². The van der Waals surface area contributed by atoms with E-state index in [2.05, 4.69) is 0 Å². The Labute approximate surface area is 110 Å². The van der Waals surface area contributed by atoms with Gasteiger partial charge >= 0.3 is 11.9 Å². The van der Waals surface area contributed by atoms with Gasteiger partial charge in [0.1, 0.15) is 0 Å². The summed E-state index contributed by atoms with van der Waals surface area (Å²) in [4.78, 5) is 23.3. The summed E-state index contributed by atoms with van der Waals surface area (Å²) in [6, 6.07) is 0. The van der Waals surface area contributed by atoms with E-state index >= 15 is 0 Å². The van der Waals surface area contributed by atoms with Gasteiger partial charge in [-0.15, -0.1) is 0 Å². The first kappa shape index (κ1) is 12.6. The second-order valence-electron chi connectivity index (χ2n) is 4.91. The Balaban J connectivity index is 1.40. The predicted molar refractivity (Wildman–Crippen MR) is 61.9 cm³/mol. The Kier molecular flexibility index (Phi) is 3.52. The van der Waals surface area contributed by atoms with Crippen molar-refractivity contribution in [3.8, 4) is 0 Å². The van der Waals surface area contributed by atoms with Gasteiger partial charge < -0.3 is 18.9 Å². The summed E-state index contributed by atoms with van der Waals surface area (Å²) in [5.74, 6) is -1.27. The Morgan fingerprint density at radius 3 is 2.84 bits per heavy atom. The van der Waals surface area contributed by atoms with Gasteiger partial charge in [0.2, 0.25) is 6.29 Å². The monoisotopic (exact) mass is 268 g/mol. The number of rotatable bonds is 4. The second kappa shape index (κ2) is 5.30. The van der Waals surface area contributed by atoms with Crippen molar-refractivity contribution in [3.63, 3.8) is 0 Å². The largest absolute Gasteiger partial charge is 0.453 e. The molecule has 0 aromatic heterocycles. The Morgan fingerprint density at radius 1 is 1.32 bits per heavy atom. The molecule has 0 amide bonds. The molecule has 2 saturated heterocycles. The molecule has 0 aromatic carbocycles. The van der Waals surface area contributed by atoms with Crippen LogP contribution in [0.1, 0.15) is 19.3 Å². The minimum atomic E-state index is -0.570. The third kappa shape index (κ3) is 2.79. The third-order valence-corrected chi connectivity index (χ3v) is 3.52. The number of fused-ring (bicyclic) bond motifs is 2. The molecule has 0 radical (unpaired) electrons. The SMILES string of the molecule is O=C(COC(=O)C1CC2C=CC1O2)OC1CCCO1. The van der Waals surface area contributed by atoms with Crippen LogP contribution >= 0.6 is 0 Å². The molecule has 3 heterocycles. The highest BCUT2D eigenvalue weighted by atomic mass is 16.7. The minimum Gasteiger partial charge on any atom is -0.453 e. The van der Waals surface area contributed by atoms with E-state index in [1.807, 2.05) is 12.2 Å². The third-order valence-electron chi connectivity index (χ3n) is 3.52. The predicted octanol–water partition coefficient (Wildman–Crippen LogP) is 0.553. The van der Waals surface area contributed by atoms with Gasteiger partial charge in [0.05, 0.1) is 24.7 Å². The van der Waals surface area contributed by atoms with E-state index < -0.39 is 18.2 Å². The van der Waals surface area contributed by atoms with Crippen LogP contribution in [0.2, 0.25) is 0 Å². The van der Waals surface area contributed by atoms with Crippen LogP contribution in [0.4, 0.5) is 0 Å². The molecule has 0 spiro atoms. The number of hydrogen-bond acceptors (Lipinski definition) is 6. The van der Waals surface area contributed by atoms with Gasteiger partial charge in [-0.3, -0.25) is 4.79 Å². The fourth-order valence-electron chi connectivity index (χ4n) is 2.56. The van der Waals surface area contributed by atoms with Crippen LogP contribution in [0.3, 0.4) is 0 Å². The molecule has 6 nitrogen and oxygen atoms in total. The summed E-state index contributed by atoms with van der Waals surface area (Å²) in [5.41, 5.74) is 0. The van der Waals surface area contributed by atoms with Crippen molar-refractivity contribution in [3.05, 3.63) is 12.2 Å². The number of hydrogen-bond donors (Lipinski definition) is 0. The van der Waals surface area contributed by atoms with Crippen LogP contribution in [0, 0.1) is 5.92 Å². The lowest BCUT2D eigenvalue weighted by molar-refractivity contribution is -0.179. The van der Waals surface area contributed by atoms with Crippen LogP contribution in [-0.4, -0.2) is 43.7 Å². The van der Waals surface area contributed by atoms with E-state index in [0.717, 1.165) is 6.42 Å². The van der Waals surface area contributed by atoms with Crippen LogP contribution in [0.25, 0.3) is 0 Å². The standard InChI is InChI=1S/C13H16O6/c14-11(19-12-2-1-5-16-12)7-17-13(15)9-6-8-3-4-10(9)18-8/h3-4,8-10,12H,1-2,5-7H2. The molecule has 0 saturated carbocycles. The van der Waals surface area contributed by atoms with Crippen molar-refractivity contribution in [2.75, 3.05) is 13.2 Å². The normalized spacial score (nSPS) is 35.6. The van der Waals surface area contributed by atoms with E-state index in [1.165, 1.54) is 0 Å². The Bertz CT molecular complexity index is 398. The molecule has 3 aliphatic heterocycles. The van der Waals surface area contributed by atoms with Crippen molar-refractivity contribution >= 4 is 11.9 Å². The lowest BCUT2D eigenvalue weighted by atomic mass is 9.95. The first-order chi connectivity index (χ1) is 9.22. The average Bonchev–Trinajstić information content (AvgIpc) is 3.12. The van der Waals surface area contributed by atoms with Gasteiger partial charge in [-0.1, -0.05) is 12.2 Å². The molecule has 104 valence electrons. The molecule has 2 bridgehead atoms. The molecule has 4 unspecified atom stereocenters. The van der Waals surface area contributed by atoms with E-state index in [9.17, 15) is 9.59 Å². The lowest BCUT2D eigenvalue weighted by Crippen LogP contribution is -2.28. The second-order valence-corrected chi connectivity index (χ2v) is 4.91. The summed E-state index contributed by atoms with van der Waals surface area (Å²) in [7, 11) is 0. The number of esters is 2. The summed E-state index contributed by atoms with van der Waals surface area (Å²) in [5, 5.41) is 0. The first-order valence-corrected chi connectivity index (χ1v) is 6.54. The van der Waals surface area contributed by atoms with Crippen molar-refractivity contribution < 1.29 is 28.5 Å². The lowest BCUT2D eigenvalue weighted by Gasteiger charge is -2.15. The van der Waals surface area contributed by atoms with Gasteiger partial charge in [-0.25, -0.2) is 4.79 Å². The first-order valence-electron chi connectivity index (χ1n) is 6.54. The Morgan fingerprint density at radius 2 is 2.21 bits per heavy atom. The zero-order chi connectivity index (χ0) is 13.2. The molecular formula is C13H16O6. The molecule has 6 heteroatoms. The minimum absolute atomic E-state index is 0.0152. The molecule has 2 fully saturated rings. The van der Waals surface area contributed by atoms with Crippen molar-refractivity contribution in [2.45, 2.75) is 37.8 Å². The van der Waals surface area contributed by atoms with Crippen molar-refractivity contribution in [1.29, 1.82) is 0 Å². The fourth-order valence-corrected chi connectivity index (χ4v) is 2.56. The summed E-state index contributed by atoms with van der Waals surface area (Å²) >= 11 is 0. The van der Waals surface area contributed by atoms with Crippen LogP contribution < -0.4 is 0 Å². The highest BCUT2D eigenvalue weighted by Gasteiger charge is 2.42. The van der Waals surface area contributed by atoms with Crippen molar-refractivity contribution in [1.82, 2.24) is 0 Å². The molecule has 0 N–H and O–H groups in total. The summed E-state index contributed by atoms with van der Waals surface area (Å²) in [6.45, 7) is 0.239. The molecule has 0 aromatic rings. The molecule has 19 heavy (non-hydrogen) atoms. The van der Waals surface area contributed by atoms with Gasteiger partial charge in [-0.2, -0.15) is 0 Å². The van der Waals surface area contributed by atoms with E-state index in [-0.39, 0.29) is 24.7 Å². The molecule has 3 rings (SSSR count). The summed E-state index contributed by atoms with van der Waals surface area (Å²) in [6.07, 6.45) is 5.34. The van der Waals surface area contributed by atoms with Crippen LogP contribution in [0.5, 0.6) is 0 Å². The van der Waals surface area contributed by atoms with E-state index in [0.29, 0.717) is 19.4 Å². The summed E-state index contributed by atoms with van der Waals surface area (Å²) < 4.78 is 20.6. The quantitative estimate of drug-likeness (QED) is 0.548. The number of carbonyl (C=O) groups is 2. The zero-order valence-corrected chi connectivity index (χ0v) is 10.4. The fraction of sp³-hybridized carbons (Fsp3) is 0.692. The maximum absolute atomic E-state index is 11.8. The van der Waals surface area contributed by atoms with Crippen LogP contribution in [0.15, 0.2) is 12.2 Å². The maximum Gasteiger partial charge on any atom is 0.346 e. The highest BCUT2D eigenvalue weighted by Crippen LogP contribution is 2.34. The zero-order valence-electron chi connectivity index (χ0n) is 10.4. The van der Waals surface area contributed by atoms with E-state index in [4.69, 9.17) is 18.9 Å². The smallest absolute Gasteiger partial charge is 0.346 e. The van der Waals surface area contributed by atoms with Crippen molar-refractivity contribution in [2.24, 2.45) is 5.92 Å². The Hall–Kier alpha value is -1.40. The number of carbonyl (C=O) groups excluding carboxylic acids is 2. The molecule has 0 aliphatic carbocycles. The van der Waals surface area contributed by atoms with Gasteiger partial charge in [0.15, 0.2) is 6.61 Å². The van der Waals surface area contributed by atoms with Gasteiger partial charge in [-0.05, 0) is 12.8 Å². The number of ether oxygens (including phenoxy) is 4. The maximum atomic E-state index is 11.8. The van der Waals surface area contributed by atoms with Gasteiger partial charge in [0, 0.05) is 6.42 Å². The molecule has 3 aliphatic rings. The average molecular weight is 268 g/mol. The van der Waals surface area contributed by atoms with E-state index in [1.54, 1.807) is 0 Å².